The predicted molar refractivity (Wildman–Crippen MR) is 73.3 cm³/mol. The summed E-state index contributed by atoms with van der Waals surface area (Å²) >= 11 is 0. The van der Waals surface area contributed by atoms with E-state index in [1.165, 1.54) is 32.5 Å². The number of piperidine rings is 1. The van der Waals surface area contributed by atoms with Gasteiger partial charge in [0.1, 0.15) is 0 Å². The van der Waals surface area contributed by atoms with Crippen molar-refractivity contribution in [3.05, 3.63) is 0 Å². The maximum atomic E-state index is 3.66. The second-order valence-electron chi connectivity index (χ2n) is 6.15. The van der Waals surface area contributed by atoms with Crippen molar-refractivity contribution in [3.8, 4) is 0 Å². The smallest absolute Gasteiger partial charge is 0.0196 e. The molecule has 3 nitrogen and oxygen atoms in total. The minimum atomic E-state index is 0.702. The molecule has 0 amide bonds. The maximum absolute atomic E-state index is 3.66. The van der Waals surface area contributed by atoms with Crippen molar-refractivity contribution in [2.75, 3.05) is 33.2 Å². The average Bonchev–Trinajstić information content (AvgIpc) is 2.30. The largest absolute Gasteiger partial charge is 0.311 e. The van der Waals surface area contributed by atoms with Crippen LogP contribution in [0.4, 0.5) is 0 Å². The highest BCUT2D eigenvalue weighted by Gasteiger charge is 2.34. The lowest BCUT2D eigenvalue weighted by Gasteiger charge is -2.48. The highest BCUT2D eigenvalue weighted by molar-refractivity contribution is 4.91. The molecule has 0 aliphatic carbocycles. The molecule has 17 heavy (non-hydrogen) atoms. The first-order chi connectivity index (χ1) is 8.11. The summed E-state index contributed by atoms with van der Waals surface area (Å²) < 4.78 is 0. The molecule has 1 N–H and O–H groups in total. The van der Waals surface area contributed by atoms with Crippen molar-refractivity contribution < 1.29 is 0 Å². The number of rotatable bonds is 2. The molecular formula is C14H29N3. The highest BCUT2D eigenvalue weighted by atomic mass is 15.3. The van der Waals surface area contributed by atoms with Gasteiger partial charge in [0, 0.05) is 37.8 Å². The summed E-state index contributed by atoms with van der Waals surface area (Å²) in [5.41, 5.74) is 0. The standard InChI is InChI=1S/C14H29N3/c1-5-13-10-17(12(3)8-15-13)14-6-7-16(4)9-11(14)2/h11-15H,5-10H2,1-4H3. The van der Waals surface area contributed by atoms with E-state index in [0.717, 1.165) is 18.5 Å². The first-order valence-electron chi connectivity index (χ1n) is 7.29. The Balaban J connectivity index is 1.99. The van der Waals surface area contributed by atoms with Crippen LogP contribution in [-0.4, -0.2) is 61.2 Å². The van der Waals surface area contributed by atoms with Crippen molar-refractivity contribution in [2.24, 2.45) is 5.92 Å². The Bertz CT molecular complexity index is 244. The second kappa shape index (κ2) is 5.68. The normalized spacial score (nSPS) is 41.6. The lowest BCUT2D eigenvalue weighted by atomic mass is 9.90. The minimum absolute atomic E-state index is 0.702. The summed E-state index contributed by atoms with van der Waals surface area (Å²) in [5, 5.41) is 3.66. The van der Waals surface area contributed by atoms with E-state index >= 15 is 0 Å². The van der Waals surface area contributed by atoms with E-state index in [1.54, 1.807) is 0 Å². The van der Waals surface area contributed by atoms with Crippen LogP contribution in [0.15, 0.2) is 0 Å². The minimum Gasteiger partial charge on any atom is -0.311 e. The van der Waals surface area contributed by atoms with Gasteiger partial charge in [-0.15, -0.1) is 0 Å². The molecule has 4 unspecified atom stereocenters. The summed E-state index contributed by atoms with van der Waals surface area (Å²) in [6.45, 7) is 12.0. The molecule has 2 rings (SSSR count). The molecule has 2 heterocycles. The monoisotopic (exact) mass is 239 g/mol. The number of nitrogens with zero attached hydrogens (tertiary/aromatic N) is 2. The molecule has 3 heteroatoms. The molecule has 0 aromatic heterocycles. The van der Waals surface area contributed by atoms with Crippen LogP contribution >= 0.6 is 0 Å². The van der Waals surface area contributed by atoms with Crippen LogP contribution in [0.5, 0.6) is 0 Å². The van der Waals surface area contributed by atoms with E-state index in [1.807, 2.05) is 0 Å². The van der Waals surface area contributed by atoms with Gasteiger partial charge in [-0.2, -0.15) is 0 Å². The molecular weight excluding hydrogens is 210 g/mol. The summed E-state index contributed by atoms with van der Waals surface area (Å²) in [5.74, 6) is 0.812. The Labute approximate surface area is 107 Å². The topological polar surface area (TPSA) is 18.5 Å². The number of piperazine rings is 1. The third-order valence-electron chi connectivity index (χ3n) is 4.68. The second-order valence-corrected chi connectivity index (χ2v) is 6.15. The Kier molecular flexibility index (Phi) is 4.45. The fourth-order valence-corrected chi connectivity index (χ4v) is 3.52. The quantitative estimate of drug-likeness (QED) is 0.786. The Morgan fingerprint density at radius 2 is 2.00 bits per heavy atom. The fourth-order valence-electron chi connectivity index (χ4n) is 3.52. The first-order valence-corrected chi connectivity index (χ1v) is 7.29. The Morgan fingerprint density at radius 3 is 2.65 bits per heavy atom. The fraction of sp³-hybridized carbons (Fsp3) is 1.00. The lowest BCUT2D eigenvalue weighted by Crippen LogP contribution is -2.61. The zero-order valence-electron chi connectivity index (χ0n) is 11.9. The SMILES string of the molecule is CCC1CN(C2CCN(C)CC2C)C(C)CN1. The summed E-state index contributed by atoms with van der Waals surface area (Å²) in [4.78, 5) is 5.26. The number of nitrogens with one attached hydrogen (secondary N) is 1. The predicted octanol–water partition coefficient (Wildman–Crippen LogP) is 1.40. The van der Waals surface area contributed by atoms with Gasteiger partial charge in [0.05, 0.1) is 0 Å². The van der Waals surface area contributed by atoms with E-state index < -0.39 is 0 Å². The van der Waals surface area contributed by atoms with E-state index in [9.17, 15) is 0 Å². The average molecular weight is 239 g/mol. The van der Waals surface area contributed by atoms with Gasteiger partial charge in [-0.1, -0.05) is 13.8 Å². The molecule has 4 atom stereocenters. The van der Waals surface area contributed by atoms with Gasteiger partial charge in [-0.25, -0.2) is 0 Å². The molecule has 2 saturated heterocycles. The van der Waals surface area contributed by atoms with E-state index in [0.29, 0.717) is 12.1 Å². The van der Waals surface area contributed by atoms with E-state index in [-0.39, 0.29) is 0 Å². The van der Waals surface area contributed by atoms with Gasteiger partial charge < -0.3 is 10.2 Å². The van der Waals surface area contributed by atoms with Gasteiger partial charge in [0.25, 0.3) is 0 Å². The number of hydrogen-bond donors (Lipinski definition) is 1. The van der Waals surface area contributed by atoms with Crippen molar-refractivity contribution in [1.29, 1.82) is 0 Å². The van der Waals surface area contributed by atoms with Crippen LogP contribution < -0.4 is 5.32 Å². The van der Waals surface area contributed by atoms with Crippen molar-refractivity contribution in [2.45, 2.75) is 51.7 Å². The van der Waals surface area contributed by atoms with Gasteiger partial charge >= 0.3 is 0 Å². The molecule has 2 aliphatic rings. The van der Waals surface area contributed by atoms with E-state index in [2.05, 4.69) is 42.9 Å². The lowest BCUT2D eigenvalue weighted by molar-refractivity contribution is 0.0229. The zero-order chi connectivity index (χ0) is 12.4. The third kappa shape index (κ3) is 3.01. The molecule has 0 aromatic rings. The summed E-state index contributed by atoms with van der Waals surface area (Å²) in [7, 11) is 2.25. The van der Waals surface area contributed by atoms with Crippen LogP contribution in [0.3, 0.4) is 0 Å². The molecule has 0 aromatic carbocycles. The molecule has 100 valence electrons. The van der Waals surface area contributed by atoms with Crippen LogP contribution in [0.2, 0.25) is 0 Å². The van der Waals surface area contributed by atoms with Gasteiger partial charge in [-0.3, -0.25) is 4.90 Å². The maximum Gasteiger partial charge on any atom is 0.0196 e. The molecule has 0 spiro atoms. The molecule has 0 radical (unpaired) electrons. The van der Waals surface area contributed by atoms with Gasteiger partial charge in [0.15, 0.2) is 0 Å². The number of hydrogen-bond acceptors (Lipinski definition) is 3. The van der Waals surface area contributed by atoms with Crippen LogP contribution in [0, 0.1) is 5.92 Å². The molecule has 2 aliphatic heterocycles. The van der Waals surface area contributed by atoms with Crippen LogP contribution in [0.1, 0.15) is 33.6 Å². The molecule has 0 bridgehead atoms. The molecule has 2 fully saturated rings. The summed E-state index contributed by atoms with van der Waals surface area (Å²) in [6, 6.07) is 2.21. The highest BCUT2D eigenvalue weighted by Crippen LogP contribution is 2.25. The summed E-state index contributed by atoms with van der Waals surface area (Å²) in [6.07, 6.45) is 2.60. The van der Waals surface area contributed by atoms with E-state index in [4.69, 9.17) is 0 Å². The van der Waals surface area contributed by atoms with Crippen molar-refractivity contribution in [1.82, 2.24) is 15.1 Å². The van der Waals surface area contributed by atoms with Gasteiger partial charge in [0.2, 0.25) is 0 Å². The van der Waals surface area contributed by atoms with Crippen molar-refractivity contribution >= 4 is 0 Å². The number of likely N-dealkylation sites (tertiary alicyclic amines) is 1. The first kappa shape index (κ1) is 13.3. The van der Waals surface area contributed by atoms with Crippen LogP contribution in [0.25, 0.3) is 0 Å². The molecule has 0 saturated carbocycles. The Hall–Kier alpha value is -0.120. The van der Waals surface area contributed by atoms with Crippen LogP contribution in [-0.2, 0) is 0 Å². The Morgan fingerprint density at radius 1 is 1.24 bits per heavy atom. The third-order valence-corrected chi connectivity index (χ3v) is 4.68. The van der Waals surface area contributed by atoms with Crippen molar-refractivity contribution in [3.63, 3.8) is 0 Å². The van der Waals surface area contributed by atoms with Gasteiger partial charge in [-0.05, 0) is 39.3 Å². The zero-order valence-corrected chi connectivity index (χ0v) is 11.9.